The van der Waals surface area contributed by atoms with Crippen LogP contribution in [0.15, 0.2) is 78.0 Å². The van der Waals surface area contributed by atoms with Gasteiger partial charge >= 0.3 is 0 Å². The summed E-state index contributed by atoms with van der Waals surface area (Å²) in [5.41, 5.74) is 0.928. The lowest BCUT2D eigenvalue weighted by molar-refractivity contribution is -0.116. The molecule has 3 aromatic rings. The first-order chi connectivity index (χ1) is 16.5. The Balaban J connectivity index is 1.75. The van der Waals surface area contributed by atoms with Crippen LogP contribution in [0.3, 0.4) is 0 Å². The van der Waals surface area contributed by atoms with E-state index in [0.29, 0.717) is 29.4 Å². The first-order valence-corrected chi connectivity index (χ1v) is 13.9. The van der Waals surface area contributed by atoms with Gasteiger partial charge in [-0.2, -0.15) is 0 Å². The molecule has 0 bridgehead atoms. The van der Waals surface area contributed by atoms with Gasteiger partial charge in [0.15, 0.2) is 0 Å². The number of carbonyl (C=O) groups excluding carboxylic acids is 1. The SMILES string of the molecule is CCOc1ccc(N(C(C)C(=O)Nc2ccc(S(=O)(=O)Nc3cccnc3)cc2)S(C)(=O)=O)cc1. The van der Waals surface area contributed by atoms with Crippen molar-refractivity contribution in [3.63, 3.8) is 0 Å². The van der Waals surface area contributed by atoms with Gasteiger partial charge in [0.05, 0.1) is 35.3 Å². The summed E-state index contributed by atoms with van der Waals surface area (Å²) in [6.45, 7) is 3.76. The smallest absolute Gasteiger partial charge is 0.261 e. The molecule has 1 amide bonds. The molecule has 2 N–H and O–H groups in total. The molecule has 12 heteroatoms. The summed E-state index contributed by atoms with van der Waals surface area (Å²) >= 11 is 0. The lowest BCUT2D eigenvalue weighted by atomic mass is 10.2. The average Bonchev–Trinajstić information content (AvgIpc) is 2.80. The van der Waals surface area contributed by atoms with E-state index < -0.39 is 32.0 Å². The fourth-order valence-corrected chi connectivity index (χ4v) is 5.48. The summed E-state index contributed by atoms with van der Waals surface area (Å²) < 4.78 is 58.9. The number of ether oxygens (including phenoxy) is 1. The Morgan fingerprint density at radius 1 is 1.00 bits per heavy atom. The van der Waals surface area contributed by atoms with E-state index in [1.54, 1.807) is 36.4 Å². The van der Waals surface area contributed by atoms with Crippen molar-refractivity contribution in [2.75, 3.05) is 27.2 Å². The van der Waals surface area contributed by atoms with Crippen LogP contribution in [0.2, 0.25) is 0 Å². The Kier molecular flexibility index (Phi) is 7.97. The molecule has 0 aliphatic rings. The quantitative estimate of drug-likeness (QED) is 0.421. The largest absolute Gasteiger partial charge is 0.494 e. The molecule has 3 rings (SSSR count). The summed E-state index contributed by atoms with van der Waals surface area (Å²) in [7, 11) is -7.65. The van der Waals surface area contributed by atoms with Crippen molar-refractivity contribution in [2.24, 2.45) is 0 Å². The zero-order chi connectivity index (χ0) is 25.6. The molecule has 0 saturated heterocycles. The third-order valence-corrected chi connectivity index (χ3v) is 7.48. The molecule has 0 spiro atoms. The second-order valence-electron chi connectivity index (χ2n) is 7.52. The summed E-state index contributed by atoms with van der Waals surface area (Å²) in [6, 6.07) is 14.0. The predicted octanol–water partition coefficient (Wildman–Crippen LogP) is 3.07. The topological polar surface area (TPSA) is 135 Å². The van der Waals surface area contributed by atoms with Gasteiger partial charge in [-0.3, -0.25) is 18.8 Å². The van der Waals surface area contributed by atoms with Crippen molar-refractivity contribution < 1.29 is 26.4 Å². The van der Waals surface area contributed by atoms with Gasteiger partial charge in [0.2, 0.25) is 15.9 Å². The maximum absolute atomic E-state index is 12.9. The lowest BCUT2D eigenvalue weighted by Gasteiger charge is -2.28. The van der Waals surface area contributed by atoms with Crippen molar-refractivity contribution in [2.45, 2.75) is 24.8 Å². The highest BCUT2D eigenvalue weighted by Gasteiger charge is 2.29. The van der Waals surface area contributed by atoms with Gasteiger partial charge in [-0.1, -0.05) is 0 Å². The first-order valence-electron chi connectivity index (χ1n) is 10.6. The molecule has 35 heavy (non-hydrogen) atoms. The van der Waals surface area contributed by atoms with E-state index in [1.807, 2.05) is 6.92 Å². The van der Waals surface area contributed by atoms with Gasteiger partial charge in [0.1, 0.15) is 11.8 Å². The van der Waals surface area contributed by atoms with Gasteiger partial charge in [-0.25, -0.2) is 16.8 Å². The number of nitrogens with one attached hydrogen (secondary N) is 2. The minimum atomic E-state index is -3.85. The van der Waals surface area contributed by atoms with Gasteiger partial charge in [-0.15, -0.1) is 0 Å². The monoisotopic (exact) mass is 518 g/mol. The Morgan fingerprint density at radius 3 is 2.20 bits per heavy atom. The van der Waals surface area contributed by atoms with E-state index in [4.69, 9.17) is 4.74 Å². The van der Waals surface area contributed by atoms with Crippen LogP contribution in [0.1, 0.15) is 13.8 Å². The molecule has 0 saturated carbocycles. The van der Waals surface area contributed by atoms with Crippen molar-refractivity contribution in [3.8, 4) is 5.75 Å². The number of aromatic nitrogens is 1. The molecule has 0 radical (unpaired) electrons. The van der Waals surface area contributed by atoms with E-state index >= 15 is 0 Å². The molecule has 1 atom stereocenters. The third kappa shape index (κ3) is 6.70. The number of rotatable bonds is 10. The van der Waals surface area contributed by atoms with Gasteiger partial charge in [0, 0.05) is 11.9 Å². The minimum absolute atomic E-state index is 0.0143. The highest BCUT2D eigenvalue weighted by atomic mass is 32.2. The van der Waals surface area contributed by atoms with Crippen LogP contribution in [0, 0.1) is 0 Å². The number of nitrogens with zero attached hydrogens (tertiary/aromatic N) is 2. The van der Waals surface area contributed by atoms with Crippen LogP contribution in [0.4, 0.5) is 17.1 Å². The zero-order valence-electron chi connectivity index (χ0n) is 19.4. The fraction of sp³-hybridized carbons (Fsp3) is 0.217. The second-order valence-corrected chi connectivity index (χ2v) is 11.1. The van der Waals surface area contributed by atoms with Crippen LogP contribution in [0.25, 0.3) is 0 Å². The number of pyridine rings is 1. The van der Waals surface area contributed by atoms with E-state index in [1.165, 1.54) is 43.6 Å². The number of sulfonamides is 2. The van der Waals surface area contributed by atoms with E-state index in [2.05, 4.69) is 15.0 Å². The van der Waals surface area contributed by atoms with Crippen LogP contribution in [-0.2, 0) is 24.8 Å². The molecule has 186 valence electrons. The normalized spacial score (nSPS) is 12.4. The predicted molar refractivity (Wildman–Crippen MR) is 135 cm³/mol. The van der Waals surface area contributed by atoms with Crippen LogP contribution >= 0.6 is 0 Å². The number of anilines is 3. The van der Waals surface area contributed by atoms with Gasteiger partial charge in [-0.05, 0) is 74.5 Å². The number of hydrogen-bond donors (Lipinski definition) is 2. The van der Waals surface area contributed by atoms with Crippen LogP contribution < -0.4 is 19.1 Å². The summed E-state index contributed by atoms with van der Waals surface area (Å²) in [6.07, 6.45) is 3.92. The maximum atomic E-state index is 12.9. The average molecular weight is 519 g/mol. The molecule has 10 nitrogen and oxygen atoms in total. The summed E-state index contributed by atoms with van der Waals surface area (Å²) in [5.74, 6) is -0.0109. The Bertz CT molecular complexity index is 1360. The Morgan fingerprint density at radius 2 is 1.66 bits per heavy atom. The molecule has 0 aliphatic carbocycles. The molecule has 1 heterocycles. The van der Waals surface area contributed by atoms with Crippen LogP contribution in [0.5, 0.6) is 5.75 Å². The molecular formula is C23H26N4O6S2. The third-order valence-electron chi connectivity index (χ3n) is 4.84. The second kappa shape index (κ2) is 10.7. The molecule has 1 unspecified atom stereocenters. The number of benzene rings is 2. The number of carbonyl (C=O) groups is 1. The van der Waals surface area contributed by atoms with Crippen LogP contribution in [-0.4, -0.2) is 46.6 Å². The van der Waals surface area contributed by atoms with Crippen molar-refractivity contribution in [3.05, 3.63) is 73.1 Å². The Hall–Kier alpha value is -3.64. The highest BCUT2D eigenvalue weighted by molar-refractivity contribution is 7.92. The number of amides is 1. The summed E-state index contributed by atoms with van der Waals surface area (Å²) in [5, 5.41) is 2.63. The van der Waals surface area contributed by atoms with Gasteiger partial charge in [0.25, 0.3) is 10.0 Å². The summed E-state index contributed by atoms with van der Waals surface area (Å²) in [4.78, 5) is 16.7. The van der Waals surface area contributed by atoms with Gasteiger partial charge < -0.3 is 10.1 Å². The van der Waals surface area contributed by atoms with E-state index in [9.17, 15) is 21.6 Å². The molecule has 0 fully saturated rings. The van der Waals surface area contributed by atoms with Crippen molar-refractivity contribution in [1.29, 1.82) is 0 Å². The van der Waals surface area contributed by atoms with Crippen molar-refractivity contribution >= 4 is 43.0 Å². The van der Waals surface area contributed by atoms with Crippen molar-refractivity contribution in [1.82, 2.24) is 4.98 Å². The lowest BCUT2D eigenvalue weighted by Crippen LogP contribution is -2.45. The molecule has 2 aromatic carbocycles. The first kappa shape index (κ1) is 26.0. The molecule has 0 aliphatic heterocycles. The van der Waals surface area contributed by atoms with E-state index in [-0.39, 0.29) is 4.90 Å². The standard InChI is InChI=1S/C23H26N4O6S2/c1-4-33-21-11-9-20(10-12-21)27(34(3,29)30)17(2)23(28)25-18-7-13-22(14-8-18)35(31,32)26-19-6-5-15-24-16-19/h5-17,26H,4H2,1-3H3,(H,25,28). The highest BCUT2D eigenvalue weighted by Crippen LogP contribution is 2.25. The molecular weight excluding hydrogens is 492 g/mol. The Labute approximate surface area is 205 Å². The zero-order valence-corrected chi connectivity index (χ0v) is 21.0. The fourth-order valence-electron chi connectivity index (χ4n) is 3.27. The molecule has 1 aromatic heterocycles. The van der Waals surface area contributed by atoms with E-state index in [0.717, 1.165) is 10.6 Å². The maximum Gasteiger partial charge on any atom is 0.261 e. The minimum Gasteiger partial charge on any atom is -0.494 e. The number of hydrogen-bond acceptors (Lipinski definition) is 7.